The lowest BCUT2D eigenvalue weighted by atomic mass is 10.4. The van der Waals surface area contributed by atoms with Crippen LogP contribution in [0.2, 0.25) is 45.8 Å². The minimum Gasteiger partial charge on any atom is -0.429 e. The van der Waals surface area contributed by atoms with E-state index < -0.39 is 52.6 Å². The zero-order valence-corrected chi connectivity index (χ0v) is 33.5. The molecule has 44 heavy (non-hydrogen) atoms. The summed E-state index contributed by atoms with van der Waals surface area (Å²) in [6, 6.07) is 41.6. The molecule has 0 aliphatic heterocycles. The summed E-state index contributed by atoms with van der Waals surface area (Å²) in [5, 5.41) is 4.37. The standard InChI is InChI=1S/C32H46O6Si6/c1-33-39(2)34-40(3)35-42(6,30-23-15-10-16-24-30)37-44(8,32-27-19-12-20-28-32)38-43(7,31-25-17-11-18-26-31)36-41(4,5)29-21-13-9-14-22-29/h9-28,39-40H,1-8H3. The predicted octanol–water partition coefficient (Wildman–Crippen LogP) is 4.47. The van der Waals surface area contributed by atoms with E-state index in [1.807, 2.05) is 55.1 Å². The van der Waals surface area contributed by atoms with Crippen LogP contribution in [0.3, 0.4) is 0 Å². The average Bonchev–Trinajstić information content (AvgIpc) is 3.02. The van der Waals surface area contributed by atoms with Gasteiger partial charge in [0, 0.05) is 7.11 Å². The summed E-state index contributed by atoms with van der Waals surface area (Å²) in [6.07, 6.45) is 0. The van der Waals surface area contributed by atoms with Gasteiger partial charge in [-0.1, -0.05) is 121 Å². The molecule has 0 aliphatic rings. The third-order valence-corrected chi connectivity index (χ3v) is 30.3. The highest BCUT2D eigenvalue weighted by atomic mass is 28.5. The minimum atomic E-state index is -3.24. The molecule has 0 aliphatic carbocycles. The molecule has 0 heterocycles. The smallest absolute Gasteiger partial charge is 0.352 e. The normalized spacial score (nSPS) is 17.5. The molecule has 0 radical (unpaired) electrons. The summed E-state index contributed by atoms with van der Waals surface area (Å²) in [4.78, 5) is 0. The van der Waals surface area contributed by atoms with E-state index in [0.29, 0.717) is 0 Å². The quantitative estimate of drug-likeness (QED) is 0.171. The second kappa shape index (κ2) is 15.0. The molecule has 4 rings (SSSR count). The summed E-state index contributed by atoms with van der Waals surface area (Å²) in [6.45, 7) is 15.0. The molecule has 5 unspecified atom stereocenters. The van der Waals surface area contributed by atoms with E-state index in [1.54, 1.807) is 7.11 Å². The van der Waals surface area contributed by atoms with Crippen molar-refractivity contribution in [3.8, 4) is 0 Å². The Hall–Kier alpha value is -2.06. The van der Waals surface area contributed by atoms with E-state index in [1.165, 1.54) is 5.19 Å². The SMILES string of the molecule is CO[SiH](C)O[SiH](C)O[Si](C)(O[Si](C)(O[Si](C)(O[Si](C)(C)c1ccccc1)c1ccccc1)c1ccccc1)c1ccccc1. The topological polar surface area (TPSA) is 55.4 Å². The van der Waals surface area contributed by atoms with Crippen molar-refractivity contribution in [2.45, 2.75) is 45.8 Å². The van der Waals surface area contributed by atoms with Crippen molar-refractivity contribution in [3.05, 3.63) is 121 Å². The summed E-state index contributed by atoms with van der Waals surface area (Å²) in [5.74, 6) is 0. The molecule has 12 heteroatoms. The van der Waals surface area contributed by atoms with Crippen LogP contribution in [-0.2, 0) is 25.0 Å². The molecular weight excluding hydrogens is 649 g/mol. The maximum atomic E-state index is 7.54. The monoisotopic (exact) mass is 694 g/mol. The molecule has 0 spiro atoms. The number of hydrogen-bond donors (Lipinski definition) is 0. The summed E-state index contributed by atoms with van der Waals surface area (Å²) >= 11 is 0. The summed E-state index contributed by atoms with van der Waals surface area (Å²) in [5.41, 5.74) is 0. The van der Waals surface area contributed by atoms with Gasteiger partial charge in [0.15, 0.2) is 0 Å². The van der Waals surface area contributed by atoms with Crippen LogP contribution in [0.15, 0.2) is 121 Å². The Morgan fingerprint density at radius 3 is 1.18 bits per heavy atom. The molecule has 5 atom stereocenters. The number of benzene rings is 4. The Bertz CT molecular complexity index is 1440. The molecule has 0 N–H and O–H groups in total. The van der Waals surface area contributed by atoms with E-state index in [-0.39, 0.29) is 0 Å². The second-order valence-corrected chi connectivity index (χ2v) is 30.0. The van der Waals surface area contributed by atoms with Crippen LogP contribution in [0, 0.1) is 0 Å². The van der Waals surface area contributed by atoms with Crippen molar-refractivity contribution in [3.63, 3.8) is 0 Å². The Labute approximate surface area is 271 Å². The van der Waals surface area contributed by atoms with Gasteiger partial charge in [-0.25, -0.2) is 0 Å². The second-order valence-electron chi connectivity index (χ2n) is 11.7. The first kappa shape index (κ1) is 34.8. The maximum Gasteiger partial charge on any atom is 0.352 e. The Morgan fingerprint density at radius 2 is 0.773 bits per heavy atom. The van der Waals surface area contributed by atoms with Crippen molar-refractivity contribution >= 4 is 73.3 Å². The van der Waals surface area contributed by atoms with E-state index in [9.17, 15) is 0 Å². The van der Waals surface area contributed by atoms with Gasteiger partial charge < -0.3 is 25.0 Å². The average molecular weight is 695 g/mol. The third-order valence-electron chi connectivity index (χ3n) is 7.70. The summed E-state index contributed by atoms with van der Waals surface area (Å²) < 4.78 is 41.1. The first-order chi connectivity index (χ1) is 20.9. The lowest BCUT2D eigenvalue weighted by molar-refractivity contribution is 0.285. The van der Waals surface area contributed by atoms with Gasteiger partial charge >= 0.3 is 44.3 Å². The van der Waals surface area contributed by atoms with E-state index in [0.717, 1.165) is 15.6 Å². The van der Waals surface area contributed by atoms with Gasteiger partial charge in [-0.3, -0.25) is 0 Å². The van der Waals surface area contributed by atoms with Crippen LogP contribution in [0.25, 0.3) is 0 Å². The highest BCUT2D eigenvalue weighted by Crippen LogP contribution is 2.26. The zero-order valence-electron chi connectivity index (χ0n) is 27.2. The van der Waals surface area contributed by atoms with Crippen LogP contribution in [0.5, 0.6) is 0 Å². The molecule has 0 aromatic heterocycles. The lowest BCUT2D eigenvalue weighted by Gasteiger charge is -2.45. The fourth-order valence-electron chi connectivity index (χ4n) is 5.45. The molecule has 0 fully saturated rings. The van der Waals surface area contributed by atoms with E-state index >= 15 is 0 Å². The Morgan fingerprint density at radius 1 is 0.432 bits per heavy atom. The molecular formula is C32H46O6Si6. The molecule has 4 aromatic carbocycles. The first-order valence-corrected chi connectivity index (χ1v) is 29.1. The highest BCUT2D eigenvalue weighted by molar-refractivity contribution is 7.02. The van der Waals surface area contributed by atoms with Crippen LogP contribution < -0.4 is 20.7 Å². The van der Waals surface area contributed by atoms with E-state index in [2.05, 4.69) is 112 Å². The molecule has 234 valence electrons. The first-order valence-electron chi connectivity index (χ1n) is 15.1. The van der Waals surface area contributed by atoms with E-state index in [4.69, 9.17) is 25.0 Å². The van der Waals surface area contributed by atoms with Crippen molar-refractivity contribution in [2.75, 3.05) is 7.11 Å². The maximum absolute atomic E-state index is 7.54. The third kappa shape index (κ3) is 8.80. The number of hydrogen-bond acceptors (Lipinski definition) is 6. The lowest BCUT2D eigenvalue weighted by Crippen LogP contribution is -2.71. The van der Waals surface area contributed by atoms with Gasteiger partial charge in [-0.15, -0.1) is 0 Å². The van der Waals surface area contributed by atoms with Crippen molar-refractivity contribution < 1.29 is 25.0 Å². The fraction of sp³-hybridized carbons (Fsp3) is 0.250. The van der Waals surface area contributed by atoms with Gasteiger partial charge in [-0.2, -0.15) is 0 Å². The van der Waals surface area contributed by atoms with Gasteiger partial charge in [0.2, 0.25) is 8.32 Å². The Balaban J connectivity index is 1.82. The molecule has 0 amide bonds. The molecule has 4 aromatic rings. The fourth-order valence-corrected chi connectivity index (χ4v) is 29.6. The number of rotatable bonds is 15. The van der Waals surface area contributed by atoms with Gasteiger partial charge in [0.05, 0.1) is 0 Å². The highest BCUT2D eigenvalue weighted by Gasteiger charge is 2.53. The van der Waals surface area contributed by atoms with Crippen LogP contribution in [0.4, 0.5) is 0 Å². The van der Waals surface area contributed by atoms with Crippen LogP contribution in [0.1, 0.15) is 0 Å². The molecule has 0 bridgehead atoms. The molecule has 0 saturated heterocycles. The van der Waals surface area contributed by atoms with Crippen molar-refractivity contribution in [1.29, 1.82) is 0 Å². The predicted molar refractivity (Wildman–Crippen MR) is 195 cm³/mol. The Kier molecular flexibility index (Phi) is 11.9. The van der Waals surface area contributed by atoms with Gasteiger partial charge in [-0.05, 0) is 66.6 Å². The largest absolute Gasteiger partial charge is 0.429 e. The van der Waals surface area contributed by atoms with Crippen LogP contribution in [-0.4, -0.2) is 59.7 Å². The van der Waals surface area contributed by atoms with Gasteiger partial charge in [0.1, 0.15) is 0 Å². The molecule has 6 nitrogen and oxygen atoms in total. The molecule has 0 saturated carbocycles. The zero-order chi connectivity index (χ0) is 31.8. The van der Waals surface area contributed by atoms with Crippen LogP contribution >= 0.6 is 0 Å². The minimum absolute atomic E-state index is 1.03. The van der Waals surface area contributed by atoms with Gasteiger partial charge in [0.25, 0.3) is 0 Å². The summed E-state index contributed by atoms with van der Waals surface area (Å²) in [7, 11) is -14.0. The van der Waals surface area contributed by atoms with Crippen molar-refractivity contribution in [1.82, 2.24) is 0 Å². The van der Waals surface area contributed by atoms with Crippen molar-refractivity contribution in [2.24, 2.45) is 0 Å².